The minimum atomic E-state index is 0.122. The number of ether oxygens (including phenoxy) is 1. The zero-order valence-electron chi connectivity index (χ0n) is 15.4. The molecule has 0 aliphatic carbocycles. The van der Waals surface area contributed by atoms with Crippen molar-refractivity contribution in [1.82, 2.24) is 4.57 Å². The molecule has 132 valence electrons. The Balaban J connectivity index is 1.77. The summed E-state index contributed by atoms with van der Waals surface area (Å²) in [5, 5.41) is 11.9. The van der Waals surface area contributed by atoms with Crippen LogP contribution in [0.2, 0.25) is 0 Å². The predicted molar refractivity (Wildman–Crippen MR) is 117 cm³/mol. The van der Waals surface area contributed by atoms with E-state index in [0.29, 0.717) is 5.56 Å². The third-order valence-electron chi connectivity index (χ3n) is 6.30. The van der Waals surface area contributed by atoms with Gasteiger partial charge in [-0.25, -0.2) is 0 Å². The standard InChI is InChI=1S/C25H13BN2O/c27-14-15-6-5-10-20-23(15)16-12-13-22-24-25(16)28(20)19-9-3-1-7-17(19)26(24)18-8-2-4-11-21(18)29-22/h1-13H. The molecule has 0 spiro atoms. The average Bonchev–Trinajstić information content (AvgIpc) is 3.13. The number of nitrogens with zero attached hydrogens (tertiary/aromatic N) is 2. The van der Waals surface area contributed by atoms with E-state index in [0.717, 1.165) is 33.3 Å². The van der Waals surface area contributed by atoms with Gasteiger partial charge in [-0.1, -0.05) is 42.5 Å². The Hall–Kier alpha value is -3.97. The summed E-state index contributed by atoms with van der Waals surface area (Å²) in [6.07, 6.45) is 0. The smallest absolute Gasteiger partial charge is 0.256 e. The van der Waals surface area contributed by atoms with Crippen molar-refractivity contribution in [2.24, 2.45) is 0 Å². The molecule has 4 heteroatoms. The Kier molecular flexibility index (Phi) is 2.64. The summed E-state index contributed by atoms with van der Waals surface area (Å²) in [6, 6.07) is 29.4. The van der Waals surface area contributed by atoms with Gasteiger partial charge in [-0.2, -0.15) is 5.26 Å². The van der Waals surface area contributed by atoms with E-state index in [2.05, 4.69) is 65.2 Å². The lowest BCUT2D eigenvalue weighted by atomic mass is 9.34. The van der Waals surface area contributed by atoms with E-state index in [1.807, 2.05) is 24.3 Å². The molecule has 0 saturated carbocycles. The monoisotopic (exact) mass is 368 g/mol. The number of hydrogen-bond acceptors (Lipinski definition) is 2. The van der Waals surface area contributed by atoms with Crippen molar-refractivity contribution in [3.63, 3.8) is 0 Å². The first kappa shape index (κ1) is 15.0. The molecule has 3 heterocycles. The fraction of sp³-hybridized carbons (Fsp3) is 0. The molecular weight excluding hydrogens is 355 g/mol. The maximum atomic E-state index is 9.77. The minimum Gasteiger partial charge on any atom is -0.458 e. The molecule has 29 heavy (non-hydrogen) atoms. The number of rotatable bonds is 0. The van der Waals surface area contributed by atoms with Gasteiger partial charge in [0.05, 0.1) is 22.7 Å². The summed E-state index contributed by atoms with van der Waals surface area (Å²) in [4.78, 5) is 0. The molecule has 0 atom stereocenters. The normalized spacial score (nSPS) is 13.0. The van der Waals surface area contributed by atoms with E-state index < -0.39 is 0 Å². The van der Waals surface area contributed by atoms with Gasteiger partial charge in [-0.3, -0.25) is 0 Å². The second-order valence-electron chi connectivity index (χ2n) is 7.65. The van der Waals surface area contributed by atoms with E-state index in [4.69, 9.17) is 4.74 Å². The van der Waals surface area contributed by atoms with Gasteiger partial charge >= 0.3 is 0 Å². The molecule has 1 aromatic heterocycles. The van der Waals surface area contributed by atoms with E-state index in [1.165, 1.54) is 22.1 Å². The molecule has 2 aliphatic heterocycles. The highest BCUT2D eigenvalue weighted by Crippen LogP contribution is 2.39. The lowest BCUT2D eigenvalue weighted by molar-refractivity contribution is 0.488. The number of para-hydroxylation sites is 2. The molecule has 0 unspecified atom stereocenters. The van der Waals surface area contributed by atoms with Gasteiger partial charge in [-0.15, -0.1) is 0 Å². The van der Waals surface area contributed by atoms with E-state index in [-0.39, 0.29) is 6.71 Å². The van der Waals surface area contributed by atoms with Crippen molar-refractivity contribution in [3.05, 3.63) is 84.4 Å². The van der Waals surface area contributed by atoms with Crippen molar-refractivity contribution in [1.29, 1.82) is 5.26 Å². The zero-order valence-corrected chi connectivity index (χ0v) is 15.4. The zero-order chi connectivity index (χ0) is 19.1. The largest absolute Gasteiger partial charge is 0.458 e. The van der Waals surface area contributed by atoms with E-state index in [9.17, 15) is 5.26 Å². The second-order valence-corrected chi connectivity index (χ2v) is 7.65. The summed E-state index contributed by atoms with van der Waals surface area (Å²) in [7, 11) is 0. The molecule has 0 radical (unpaired) electrons. The van der Waals surface area contributed by atoms with Crippen LogP contribution in [0.5, 0.6) is 11.5 Å². The SMILES string of the molecule is N#Cc1cccc2c1c1ccc3c4c1n2-c1ccccc1B4c1ccccc1O3. The van der Waals surface area contributed by atoms with Gasteiger partial charge in [0, 0.05) is 16.5 Å². The molecule has 0 N–H and O–H groups in total. The van der Waals surface area contributed by atoms with Crippen molar-refractivity contribution in [2.75, 3.05) is 0 Å². The number of hydrogen-bond donors (Lipinski definition) is 0. The molecule has 4 aromatic carbocycles. The van der Waals surface area contributed by atoms with Gasteiger partial charge < -0.3 is 9.30 Å². The molecule has 3 nitrogen and oxygen atoms in total. The Labute approximate surface area is 167 Å². The number of nitriles is 1. The van der Waals surface area contributed by atoms with E-state index >= 15 is 0 Å². The van der Waals surface area contributed by atoms with Crippen molar-refractivity contribution in [3.8, 4) is 23.3 Å². The number of benzene rings is 4. The van der Waals surface area contributed by atoms with Gasteiger partial charge in [-0.05, 0) is 52.8 Å². The second kappa shape index (κ2) is 5.09. The number of aromatic nitrogens is 1. The van der Waals surface area contributed by atoms with E-state index in [1.54, 1.807) is 0 Å². The van der Waals surface area contributed by atoms with Crippen LogP contribution in [0.15, 0.2) is 78.9 Å². The van der Waals surface area contributed by atoms with Crippen LogP contribution in [-0.2, 0) is 0 Å². The van der Waals surface area contributed by atoms with Crippen LogP contribution >= 0.6 is 0 Å². The Morgan fingerprint density at radius 3 is 2.52 bits per heavy atom. The third kappa shape index (κ3) is 1.69. The first-order valence-electron chi connectivity index (χ1n) is 9.73. The first-order chi connectivity index (χ1) is 14.4. The topological polar surface area (TPSA) is 38.0 Å². The van der Waals surface area contributed by atoms with Crippen molar-refractivity contribution < 1.29 is 4.74 Å². The lowest BCUT2D eigenvalue weighted by Crippen LogP contribution is -2.58. The fourth-order valence-corrected chi connectivity index (χ4v) is 5.22. The maximum Gasteiger partial charge on any atom is 0.256 e. The Bertz CT molecular complexity index is 1560. The Morgan fingerprint density at radius 2 is 1.62 bits per heavy atom. The fourth-order valence-electron chi connectivity index (χ4n) is 5.22. The van der Waals surface area contributed by atoms with Crippen LogP contribution in [0.1, 0.15) is 5.56 Å². The van der Waals surface area contributed by atoms with Gasteiger partial charge in [0.1, 0.15) is 11.5 Å². The minimum absolute atomic E-state index is 0.122. The van der Waals surface area contributed by atoms with Crippen LogP contribution in [-0.4, -0.2) is 11.3 Å². The summed E-state index contributed by atoms with van der Waals surface area (Å²) in [5.41, 5.74) is 7.75. The number of fused-ring (bicyclic) bond motifs is 8. The van der Waals surface area contributed by atoms with Crippen LogP contribution < -0.4 is 21.1 Å². The molecular formula is C25H13BN2O. The van der Waals surface area contributed by atoms with Gasteiger partial charge in [0.2, 0.25) is 0 Å². The highest BCUT2D eigenvalue weighted by Gasteiger charge is 2.40. The van der Waals surface area contributed by atoms with Crippen LogP contribution in [0.25, 0.3) is 27.5 Å². The summed E-state index contributed by atoms with van der Waals surface area (Å²) in [5.74, 6) is 1.82. The predicted octanol–water partition coefficient (Wildman–Crippen LogP) is 3.59. The maximum absolute atomic E-state index is 9.77. The lowest BCUT2D eigenvalue weighted by Gasteiger charge is -2.32. The Morgan fingerprint density at radius 1 is 0.793 bits per heavy atom. The van der Waals surface area contributed by atoms with Crippen LogP contribution in [0.3, 0.4) is 0 Å². The molecule has 0 amide bonds. The van der Waals surface area contributed by atoms with Crippen molar-refractivity contribution >= 4 is 44.9 Å². The van der Waals surface area contributed by atoms with Crippen LogP contribution in [0.4, 0.5) is 0 Å². The average molecular weight is 368 g/mol. The molecule has 0 bridgehead atoms. The van der Waals surface area contributed by atoms with Crippen LogP contribution in [0, 0.1) is 11.3 Å². The molecule has 0 saturated heterocycles. The highest BCUT2D eigenvalue weighted by molar-refractivity contribution is 6.99. The van der Waals surface area contributed by atoms with Gasteiger partial charge in [0.25, 0.3) is 6.71 Å². The molecule has 2 aliphatic rings. The van der Waals surface area contributed by atoms with Crippen molar-refractivity contribution in [2.45, 2.75) is 0 Å². The summed E-state index contributed by atoms with van der Waals surface area (Å²) in [6.45, 7) is 0.122. The first-order valence-corrected chi connectivity index (χ1v) is 9.73. The van der Waals surface area contributed by atoms with Gasteiger partial charge in [0.15, 0.2) is 0 Å². The quantitative estimate of drug-likeness (QED) is 0.384. The summed E-state index contributed by atoms with van der Waals surface area (Å²) < 4.78 is 8.65. The molecule has 7 rings (SSSR count). The third-order valence-corrected chi connectivity index (χ3v) is 6.30. The molecule has 0 fully saturated rings. The highest BCUT2D eigenvalue weighted by atomic mass is 16.5. The summed E-state index contributed by atoms with van der Waals surface area (Å²) >= 11 is 0. The molecule has 5 aromatic rings.